The van der Waals surface area contributed by atoms with Crippen LogP contribution in [0, 0.1) is 30.1 Å². The number of aryl methyl sites for hydroxylation is 1. The van der Waals surface area contributed by atoms with Crippen molar-refractivity contribution in [3.05, 3.63) is 29.8 Å². The lowest BCUT2D eigenvalue weighted by molar-refractivity contribution is -0.172. The number of hydrogen-bond acceptors (Lipinski definition) is 3. The van der Waals surface area contributed by atoms with E-state index < -0.39 is 0 Å². The topological polar surface area (TPSA) is 55.4 Å². The molecule has 128 valence electrons. The Labute approximate surface area is 143 Å². The SMILES string of the molecule is Cc1ccc(NC(=O)COC(=O)C23CC4CC(CC(C4)C2)C3)cc1. The summed E-state index contributed by atoms with van der Waals surface area (Å²) in [6.45, 7) is 1.81. The zero-order chi connectivity index (χ0) is 16.7. The quantitative estimate of drug-likeness (QED) is 0.858. The molecule has 0 aliphatic heterocycles. The molecule has 5 rings (SSSR count). The number of esters is 1. The number of benzene rings is 1. The molecule has 4 bridgehead atoms. The highest BCUT2D eigenvalue weighted by Gasteiger charge is 2.55. The highest BCUT2D eigenvalue weighted by Crippen LogP contribution is 2.60. The van der Waals surface area contributed by atoms with Gasteiger partial charge in [-0.25, -0.2) is 0 Å². The fourth-order valence-electron chi connectivity index (χ4n) is 5.48. The Hall–Kier alpha value is -1.84. The third kappa shape index (κ3) is 2.94. The molecule has 0 radical (unpaired) electrons. The molecule has 1 N–H and O–H groups in total. The van der Waals surface area contributed by atoms with Crippen LogP contribution in [0.4, 0.5) is 5.69 Å². The fourth-order valence-corrected chi connectivity index (χ4v) is 5.48. The maximum atomic E-state index is 12.7. The Balaban J connectivity index is 1.33. The van der Waals surface area contributed by atoms with E-state index in [1.807, 2.05) is 31.2 Å². The van der Waals surface area contributed by atoms with Crippen molar-refractivity contribution in [2.45, 2.75) is 45.4 Å². The molecule has 4 aliphatic carbocycles. The van der Waals surface area contributed by atoms with Crippen LogP contribution in [0.2, 0.25) is 0 Å². The number of carbonyl (C=O) groups is 2. The minimum absolute atomic E-state index is 0.138. The van der Waals surface area contributed by atoms with E-state index in [-0.39, 0.29) is 23.9 Å². The predicted octanol–water partition coefficient (Wildman–Crippen LogP) is 3.69. The average Bonchev–Trinajstić information content (AvgIpc) is 2.53. The summed E-state index contributed by atoms with van der Waals surface area (Å²) in [6.07, 6.45) is 6.79. The number of anilines is 1. The zero-order valence-electron chi connectivity index (χ0n) is 14.2. The molecule has 1 amide bonds. The van der Waals surface area contributed by atoms with Crippen LogP contribution in [0.25, 0.3) is 0 Å². The normalized spacial score (nSPS) is 33.3. The lowest BCUT2D eigenvalue weighted by Gasteiger charge is -2.55. The Morgan fingerprint density at radius 3 is 2.12 bits per heavy atom. The van der Waals surface area contributed by atoms with E-state index >= 15 is 0 Å². The second-order valence-corrected chi connectivity index (χ2v) is 8.19. The van der Waals surface area contributed by atoms with Crippen molar-refractivity contribution in [1.82, 2.24) is 0 Å². The summed E-state index contributed by atoms with van der Waals surface area (Å²) >= 11 is 0. The van der Waals surface area contributed by atoms with E-state index in [0.29, 0.717) is 17.8 Å². The van der Waals surface area contributed by atoms with E-state index in [4.69, 9.17) is 4.74 Å². The van der Waals surface area contributed by atoms with Gasteiger partial charge in [-0.1, -0.05) is 17.7 Å². The summed E-state index contributed by atoms with van der Waals surface area (Å²) in [6, 6.07) is 7.59. The van der Waals surface area contributed by atoms with E-state index in [0.717, 1.165) is 30.5 Å². The van der Waals surface area contributed by atoms with Gasteiger partial charge < -0.3 is 10.1 Å². The van der Waals surface area contributed by atoms with Gasteiger partial charge in [-0.05, 0) is 75.3 Å². The molecule has 4 fully saturated rings. The van der Waals surface area contributed by atoms with Crippen molar-refractivity contribution in [1.29, 1.82) is 0 Å². The van der Waals surface area contributed by atoms with Crippen LogP contribution in [-0.2, 0) is 14.3 Å². The molecule has 0 heterocycles. The number of rotatable bonds is 4. The molecule has 0 aromatic heterocycles. The molecule has 24 heavy (non-hydrogen) atoms. The zero-order valence-corrected chi connectivity index (χ0v) is 14.2. The Bertz CT molecular complexity index is 614. The van der Waals surface area contributed by atoms with Gasteiger partial charge in [0.1, 0.15) is 0 Å². The summed E-state index contributed by atoms with van der Waals surface area (Å²) in [7, 11) is 0. The van der Waals surface area contributed by atoms with Crippen molar-refractivity contribution >= 4 is 17.6 Å². The van der Waals surface area contributed by atoms with Crippen LogP contribution in [0.15, 0.2) is 24.3 Å². The largest absolute Gasteiger partial charge is 0.455 e. The molecule has 4 aliphatic rings. The lowest BCUT2D eigenvalue weighted by atomic mass is 9.49. The summed E-state index contributed by atoms with van der Waals surface area (Å²) in [5.74, 6) is 1.69. The minimum atomic E-state index is -0.293. The first-order chi connectivity index (χ1) is 11.5. The molecule has 0 spiro atoms. The molecule has 4 nitrogen and oxygen atoms in total. The van der Waals surface area contributed by atoms with Crippen LogP contribution in [-0.4, -0.2) is 18.5 Å². The Morgan fingerprint density at radius 1 is 1.04 bits per heavy atom. The second kappa shape index (κ2) is 5.91. The summed E-state index contributed by atoms with van der Waals surface area (Å²) in [5, 5.41) is 2.78. The van der Waals surface area contributed by atoms with Gasteiger partial charge in [0.15, 0.2) is 6.61 Å². The van der Waals surface area contributed by atoms with Crippen LogP contribution >= 0.6 is 0 Å². The van der Waals surface area contributed by atoms with Gasteiger partial charge in [-0.15, -0.1) is 0 Å². The maximum Gasteiger partial charge on any atom is 0.312 e. The number of hydrogen-bond donors (Lipinski definition) is 1. The van der Waals surface area contributed by atoms with Crippen molar-refractivity contribution in [2.75, 3.05) is 11.9 Å². The second-order valence-electron chi connectivity index (χ2n) is 8.19. The molecule has 1 aromatic carbocycles. The smallest absolute Gasteiger partial charge is 0.312 e. The third-order valence-corrected chi connectivity index (χ3v) is 6.14. The standard InChI is InChI=1S/C20H25NO3/c1-13-2-4-17(5-3-13)21-18(22)12-24-19(23)20-9-14-6-15(10-20)8-16(7-14)11-20/h2-5,14-16H,6-12H2,1H3,(H,21,22). The monoisotopic (exact) mass is 327 g/mol. The third-order valence-electron chi connectivity index (χ3n) is 6.14. The van der Waals surface area contributed by atoms with Crippen LogP contribution < -0.4 is 5.32 Å². The van der Waals surface area contributed by atoms with Gasteiger partial charge in [-0.2, -0.15) is 0 Å². The van der Waals surface area contributed by atoms with E-state index in [1.165, 1.54) is 19.3 Å². The first kappa shape index (κ1) is 15.7. The fraction of sp³-hybridized carbons (Fsp3) is 0.600. The van der Waals surface area contributed by atoms with E-state index in [1.54, 1.807) is 0 Å². The molecular formula is C20H25NO3. The van der Waals surface area contributed by atoms with Gasteiger partial charge in [0.2, 0.25) is 0 Å². The first-order valence-corrected chi connectivity index (χ1v) is 9.06. The summed E-state index contributed by atoms with van der Waals surface area (Å²) < 4.78 is 5.43. The van der Waals surface area contributed by atoms with Crippen molar-refractivity contribution < 1.29 is 14.3 Å². The van der Waals surface area contributed by atoms with Crippen molar-refractivity contribution in [3.63, 3.8) is 0 Å². The van der Waals surface area contributed by atoms with Crippen molar-refractivity contribution in [2.24, 2.45) is 23.2 Å². The molecule has 4 heteroatoms. The van der Waals surface area contributed by atoms with Gasteiger partial charge in [0.05, 0.1) is 5.41 Å². The molecule has 4 saturated carbocycles. The van der Waals surface area contributed by atoms with Gasteiger partial charge in [-0.3, -0.25) is 9.59 Å². The molecular weight excluding hydrogens is 302 g/mol. The number of ether oxygens (including phenoxy) is 1. The van der Waals surface area contributed by atoms with E-state index in [2.05, 4.69) is 5.32 Å². The molecule has 0 unspecified atom stereocenters. The number of nitrogens with one attached hydrogen (secondary N) is 1. The van der Waals surface area contributed by atoms with Crippen LogP contribution in [0.5, 0.6) is 0 Å². The highest BCUT2D eigenvalue weighted by molar-refractivity contribution is 5.93. The van der Waals surface area contributed by atoms with Crippen LogP contribution in [0.3, 0.4) is 0 Å². The molecule has 0 saturated heterocycles. The lowest BCUT2D eigenvalue weighted by Crippen LogP contribution is -2.50. The van der Waals surface area contributed by atoms with Crippen molar-refractivity contribution in [3.8, 4) is 0 Å². The summed E-state index contributed by atoms with van der Waals surface area (Å²) in [5.41, 5.74) is 1.58. The maximum absolute atomic E-state index is 12.7. The first-order valence-electron chi connectivity index (χ1n) is 9.06. The van der Waals surface area contributed by atoms with Gasteiger partial charge in [0, 0.05) is 5.69 Å². The summed E-state index contributed by atoms with van der Waals surface area (Å²) in [4.78, 5) is 24.7. The highest BCUT2D eigenvalue weighted by atomic mass is 16.5. The predicted molar refractivity (Wildman–Crippen MR) is 91.4 cm³/mol. The van der Waals surface area contributed by atoms with Gasteiger partial charge in [0.25, 0.3) is 5.91 Å². The van der Waals surface area contributed by atoms with E-state index in [9.17, 15) is 9.59 Å². The number of amides is 1. The minimum Gasteiger partial charge on any atom is -0.455 e. The average molecular weight is 327 g/mol. The van der Waals surface area contributed by atoms with Gasteiger partial charge >= 0.3 is 5.97 Å². The Morgan fingerprint density at radius 2 is 1.58 bits per heavy atom. The molecule has 1 aromatic rings. The molecule has 0 atom stereocenters. The number of carbonyl (C=O) groups excluding carboxylic acids is 2. The Kier molecular flexibility index (Phi) is 3.86. The van der Waals surface area contributed by atoms with Crippen LogP contribution in [0.1, 0.15) is 44.1 Å².